The highest BCUT2D eigenvalue weighted by Gasteiger charge is 2.49. The van der Waals surface area contributed by atoms with E-state index in [0.717, 1.165) is 63.2 Å². The molecule has 1 aromatic heterocycles. The monoisotopic (exact) mass is 380 g/mol. The Balaban J connectivity index is 1.29. The Hall–Kier alpha value is -2.21. The number of piperidine rings is 1. The van der Waals surface area contributed by atoms with E-state index in [4.69, 9.17) is 4.52 Å². The summed E-state index contributed by atoms with van der Waals surface area (Å²) in [5.74, 6) is 2.04. The average Bonchev–Trinajstić information content (AvgIpc) is 3.24. The van der Waals surface area contributed by atoms with Crippen LogP contribution in [-0.4, -0.2) is 40.1 Å². The normalized spacial score (nSPS) is 30.4. The zero-order valence-corrected chi connectivity index (χ0v) is 16.7. The fraction of sp³-hybridized carbons (Fsp3) is 0.591. The highest BCUT2D eigenvalue weighted by atomic mass is 16.5. The van der Waals surface area contributed by atoms with Crippen LogP contribution in [0.1, 0.15) is 67.3 Å². The van der Waals surface area contributed by atoms with Crippen LogP contribution in [0, 0.1) is 13.8 Å². The van der Waals surface area contributed by atoms with Crippen molar-refractivity contribution in [2.45, 2.75) is 69.7 Å². The van der Waals surface area contributed by atoms with Gasteiger partial charge in [-0.05, 0) is 76.1 Å². The second-order valence-electron chi connectivity index (χ2n) is 8.83. The molecule has 5 rings (SSSR count). The van der Waals surface area contributed by atoms with Crippen molar-refractivity contribution >= 4 is 11.6 Å². The Morgan fingerprint density at radius 3 is 2.79 bits per heavy atom. The summed E-state index contributed by atoms with van der Waals surface area (Å²) >= 11 is 0. The van der Waals surface area contributed by atoms with Gasteiger partial charge >= 0.3 is 0 Å². The van der Waals surface area contributed by atoms with Gasteiger partial charge < -0.3 is 9.84 Å². The van der Waals surface area contributed by atoms with Crippen LogP contribution in [-0.2, 0) is 10.2 Å². The lowest BCUT2D eigenvalue weighted by atomic mass is 9.68. The molecular weight excluding hydrogens is 352 g/mol. The van der Waals surface area contributed by atoms with Gasteiger partial charge in [-0.25, -0.2) is 0 Å². The molecule has 1 unspecified atom stereocenters. The van der Waals surface area contributed by atoms with Crippen molar-refractivity contribution in [1.29, 1.82) is 0 Å². The van der Waals surface area contributed by atoms with Crippen molar-refractivity contribution < 1.29 is 9.32 Å². The third-order valence-corrected chi connectivity index (χ3v) is 7.04. The number of carbonyl (C=O) groups is 1. The largest absolute Gasteiger partial charge is 0.339 e. The highest BCUT2D eigenvalue weighted by Crippen LogP contribution is 2.48. The van der Waals surface area contributed by atoms with Gasteiger partial charge in [0.25, 0.3) is 0 Å². The predicted molar refractivity (Wildman–Crippen MR) is 106 cm³/mol. The highest BCUT2D eigenvalue weighted by molar-refractivity contribution is 6.06. The number of nitrogens with one attached hydrogen (secondary N) is 1. The van der Waals surface area contributed by atoms with Crippen LogP contribution in [0.2, 0.25) is 0 Å². The molecule has 1 aromatic carbocycles. The Bertz CT molecular complexity index is 898. The van der Waals surface area contributed by atoms with Crippen LogP contribution in [0.5, 0.6) is 0 Å². The molecule has 1 N–H and O–H groups in total. The van der Waals surface area contributed by atoms with E-state index in [1.54, 1.807) is 0 Å². The minimum Gasteiger partial charge on any atom is -0.339 e. The van der Waals surface area contributed by atoms with Crippen molar-refractivity contribution in [2.24, 2.45) is 0 Å². The Kier molecular flexibility index (Phi) is 4.27. The third-order valence-electron chi connectivity index (χ3n) is 7.04. The smallest absolute Gasteiger partial charge is 0.235 e. The van der Waals surface area contributed by atoms with Gasteiger partial charge in [-0.15, -0.1) is 0 Å². The van der Waals surface area contributed by atoms with Gasteiger partial charge in [0.1, 0.15) is 0 Å². The van der Waals surface area contributed by atoms with Gasteiger partial charge in [-0.1, -0.05) is 17.3 Å². The van der Waals surface area contributed by atoms with Crippen LogP contribution in [0.15, 0.2) is 22.7 Å². The zero-order valence-electron chi connectivity index (χ0n) is 16.7. The summed E-state index contributed by atoms with van der Waals surface area (Å²) in [7, 11) is 0. The van der Waals surface area contributed by atoms with Gasteiger partial charge in [-0.3, -0.25) is 9.69 Å². The van der Waals surface area contributed by atoms with E-state index in [2.05, 4.69) is 45.5 Å². The molecule has 6 heteroatoms. The predicted octanol–water partition coefficient (Wildman–Crippen LogP) is 3.70. The Labute approximate surface area is 165 Å². The maximum Gasteiger partial charge on any atom is 0.235 e. The first-order valence-electron chi connectivity index (χ1n) is 10.5. The maximum atomic E-state index is 12.9. The summed E-state index contributed by atoms with van der Waals surface area (Å²) in [6.07, 6.45) is 6.27. The minimum atomic E-state index is -0.321. The van der Waals surface area contributed by atoms with Crippen LogP contribution in [0.4, 0.5) is 5.69 Å². The number of carbonyl (C=O) groups excluding carboxylic acids is 1. The van der Waals surface area contributed by atoms with E-state index in [9.17, 15) is 4.79 Å². The van der Waals surface area contributed by atoms with Gasteiger partial charge in [0, 0.05) is 18.3 Å². The molecular formula is C22H28N4O2. The first-order valence-corrected chi connectivity index (χ1v) is 10.5. The van der Waals surface area contributed by atoms with E-state index in [1.807, 2.05) is 6.92 Å². The topological polar surface area (TPSA) is 71.3 Å². The Morgan fingerprint density at radius 1 is 1.21 bits per heavy atom. The lowest BCUT2D eigenvalue weighted by Gasteiger charge is -2.43. The standard InChI is InChI=1S/C22H28N4O2/c1-14-5-6-18-19(12-14)24-21(27)22(18)9-7-17(8-10-22)26-11-3-4-16(13-26)20-23-15(2)25-28-20/h5-6,12,16-17H,3-4,7-11,13H2,1-2H3,(H,24,27). The fourth-order valence-electron chi connectivity index (χ4n) is 5.52. The number of rotatable bonds is 2. The molecule has 28 heavy (non-hydrogen) atoms. The SMILES string of the molecule is Cc1ccc2c(c1)NC(=O)C21CCC(N2CCCC(c3nc(C)no3)C2)CC1. The van der Waals surface area contributed by atoms with Crippen molar-refractivity contribution in [3.8, 4) is 0 Å². The lowest BCUT2D eigenvalue weighted by Crippen LogP contribution is -2.48. The van der Waals surface area contributed by atoms with E-state index in [1.165, 1.54) is 11.1 Å². The molecule has 2 aliphatic heterocycles. The van der Waals surface area contributed by atoms with E-state index >= 15 is 0 Å². The quantitative estimate of drug-likeness (QED) is 0.860. The summed E-state index contributed by atoms with van der Waals surface area (Å²) in [6.45, 7) is 6.07. The van der Waals surface area contributed by atoms with Crippen LogP contribution < -0.4 is 5.32 Å². The summed E-state index contributed by atoms with van der Waals surface area (Å²) in [5.41, 5.74) is 3.10. The molecule has 1 amide bonds. The molecule has 148 valence electrons. The summed E-state index contributed by atoms with van der Waals surface area (Å²) in [5, 5.41) is 7.11. The first-order chi connectivity index (χ1) is 13.5. The molecule has 1 spiro atoms. The number of hydrogen-bond acceptors (Lipinski definition) is 5. The molecule has 0 radical (unpaired) electrons. The number of anilines is 1. The number of aromatic nitrogens is 2. The molecule has 1 aliphatic carbocycles. The van der Waals surface area contributed by atoms with Gasteiger partial charge in [0.2, 0.25) is 11.8 Å². The molecule has 6 nitrogen and oxygen atoms in total. The van der Waals surface area contributed by atoms with Crippen molar-refractivity contribution in [3.05, 3.63) is 41.0 Å². The minimum absolute atomic E-state index is 0.199. The lowest BCUT2D eigenvalue weighted by molar-refractivity contribution is -0.122. The molecule has 1 saturated heterocycles. The van der Waals surface area contributed by atoms with Gasteiger partial charge in [0.15, 0.2) is 5.82 Å². The number of likely N-dealkylation sites (tertiary alicyclic amines) is 1. The fourth-order valence-corrected chi connectivity index (χ4v) is 5.52. The molecule has 0 bridgehead atoms. The number of nitrogens with zero attached hydrogens (tertiary/aromatic N) is 3. The number of hydrogen-bond donors (Lipinski definition) is 1. The van der Waals surface area contributed by atoms with Gasteiger partial charge in [0.05, 0.1) is 11.3 Å². The summed E-state index contributed by atoms with van der Waals surface area (Å²) < 4.78 is 5.44. The molecule has 3 heterocycles. The number of benzene rings is 1. The van der Waals surface area contributed by atoms with Crippen LogP contribution in [0.3, 0.4) is 0 Å². The number of aryl methyl sites for hydroxylation is 2. The van der Waals surface area contributed by atoms with Crippen LogP contribution >= 0.6 is 0 Å². The molecule has 1 saturated carbocycles. The summed E-state index contributed by atoms with van der Waals surface area (Å²) in [6, 6.07) is 6.95. The van der Waals surface area contributed by atoms with E-state index < -0.39 is 0 Å². The zero-order chi connectivity index (χ0) is 19.3. The summed E-state index contributed by atoms with van der Waals surface area (Å²) in [4.78, 5) is 19.9. The number of amides is 1. The van der Waals surface area contributed by atoms with Crippen molar-refractivity contribution in [1.82, 2.24) is 15.0 Å². The second kappa shape index (κ2) is 6.69. The average molecular weight is 380 g/mol. The van der Waals surface area contributed by atoms with Crippen molar-refractivity contribution in [2.75, 3.05) is 18.4 Å². The molecule has 2 fully saturated rings. The number of fused-ring (bicyclic) bond motifs is 2. The second-order valence-corrected chi connectivity index (χ2v) is 8.83. The maximum absolute atomic E-state index is 12.9. The molecule has 3 aliphatic rings. The van der Waals surface area contributed by atoms with Crippen molar-refractivity contribution in [3.63, 3.8) is 0 Å². The van der Waals surface area contributed by atoms with Crippen LogP contribution in [0.25, 0.3) is 0 Å². The first kappa shape index (κ1) is 17.9. The third kappa shape index (κ3) is 2.85. The van der Waals surface area contributed by atoms with E-state index in [-0.39, 0.29) is 11.3 Å². The molecule has 1 atom stereocenters. The molecule has 2 aromatic rings. The Morgan fingerprint density at radius 2 is 2.04 bits per heavy atom. The van der Waals surface area contributed by atoms with Gasteiger partial charge in [-0.2, -0.15) is 4.98 Å². The van der Waals surface area contributed by atoms with E-state index in [0.29, 0.717) is 17.8 Å².